The number of benzene rings is 1. The van der Waals surface area contributed by atoms with E-state index in [9.17, 15) is 13.2 Å². The minimum absolute atomic E-state index is 0.0711. The molecule has 8 heteroatoms. The van der Waals surface area contributed by atoms with Gasteiger partial charge in [0.25, 0.3) is 0 Å². The van der Waals surface area contributed by atoms with E-state index in [1.54, 1.807) is 0 Å². The molecule has 1 amide bonds. The maximum Gasteiger partial charge on any atom is 0.224 e. The van der Waals surface area contributed by atoms with Gasteiger partial charge in [-0.1, -0.05) is 6.92 Å². The largest absolute Gasteiger partial charge is 0.368 e. The van der Waals surface area contributed by atoms with E-state index in [-0.39, 0.29) is 21.8 Å². The summed E-state index contributed by atoms with van der Waals surface area (Å²) in [5.74, 6) is -0.306. The molecule has 2 aromatic rings. The van der Waals surface area contributed by atoms with Crippen LogP contribution in [0.2, 0.25) is 0 Å². The average molecular weight is 320 g/mol. The van der Waals surface area contributed by atoms with Gasteiger partial charge in [0.05, 0.1) is 4.90 Å². The number of sulfone groups is 1. The lowest BCUT2D eigenvalue weighted by Crippen LogP contribution is -2.10. The van der Waals surface area contributed by atoms with Crippen LogP contribution in [0.4, 0.5) is 11.6 Å². The Labute approximate surface area is 128 Å². The Bertz CT molecular complexity index is 801. The van der Waals surface area contributed by atoms with Crippen molar-refractivity contribution >= 4 is 27.4 Å². The quantitative estimate of drug-likeness (QED) is 0.823. The lowest BCUT2D eigenvalue weighted by atomic mass is 10.3. The first-order valence-electron chi connectivity index (χ1n) is 6.59. The van der Waals surface area contributed by atoms with Crippen molar-refractivity contribution in [1.82, 2.24) is 9.97 Å². The molecular formula is C14H16N4O3S. The van der Waals surface area contributed by atoms with Crippen LogP contribution < -0.4 is 11.1 Å². The highest BCUT2D eigenvalue weighted by Crippen LogP contribution is 2.22. The van der Waals surface area contributed by atoms with Gasteiger partial charge in [-0.05, 0) is 36.8 Å². The molecule has 0 saturated carbocycles. The average Bonchev–Trinajstić information content (AvgIpc) is 2.46. The van der Waals surface area contributed by atoms with Crippen LogP contribution in [0.15, 0.2) is 40.3 Å². The molecule has 0 atom stereocenters. The van der Waals surface area contributed by atoms with Gasteiger partial charge in [0.15, 0.2) is 5.03 Å². The SMILES string of the molecule is CCc1cc(S(=O)(=O)c2ccc(NC(C)=O)cc2)nc(N)n1. The second-order valence-electron chi connectivity index (χ2n) is 4.62. The third-order valence-corrected chi connectivity index (χ3v) is 4.55. The minimum Gasteiger partial charge on any atom is -0.368 e. The first kappa shape index (κ1) is 15.9. The highest BCUT2D eigenvalue weighted by Gasteiger charge is 2.20. The van der Waals surface area contributed by atoms with Gasteiger partial charge < -0.3 is 11.1 Å². The molecule has 0 aliphatic rings. The Kier molecular flexibility index (Phi) is 4.41. The Balaban J connectivity index is 2.42. The highest BCUT2D eigenvalue weighted by molar-refractivity contribution is 7.91. The molecule has 0 aliphatic heterocycles. The van der Waals surface area contributed by atoms with Gasteiger partial charge >= 0.3 is 0 Å². The van der Waals surface area contributed by atoms with Crippen LogP contribution in [-0.4, -0.2) is 24.3 Å². The van der Waals surface area contributed by atoms with Crippen molar-refractivity contribution in [2.75, 3.05) is 11.1 Å². The van der Waals surface area contributed by atoms with E-state index < -0.39 is 9.84 Å². The fraction of sp³-hybridized carbons (Fsp3) is 0.214. The number of hydrogen-bond donors (Lipinski definition) is 2. The number of nitrogens with zero attached hydrogens (tertiary/aromatic N) is 2. The number of aryl methyl sites for hydroxylation is 1. The van der Waals surface area contributed by atoms with Crippen LogP contribution >= 0.6 is 0 Å². The van der Waals surface area contributed by atoms with Gasteiger partial charge in [-0.3, -0.25) is 4.79 Å². The van der Waals surface area contributed by atoms with E-state index >= 15 is 0 Å². The summed E-state index contributed by atoms with van der Waals surface area (Å²) in [5.41, 5.74) is 6.63. The number of nitrogens with two attached hydrogens (primary N) is 1. The number of carbonyl (C=O) groups excluding carboxylic acids is 1. The molecule has 2 rings (SSSR count). The minimum atomic E-state index is -3.78. The molecule has 0 unspecified atom stereocenters. The highest BCUT2D eigenvalue weighted by atomic mass is 32.2. The summed E-state index contributed by atoms with van der Waals surface area (Å²) in [5, 5.41) is 2.44. The van der Waals surface area contributed by atoms with Crippen LogP contribution in [-0.2, 0) is 21.1 Å². The van der Waals surface area contributed by atoms with Crippen molar-refractivity contribution in [2.45, 2.75) is 30.2 Å². The zero-order valence-electron chi connectivity index (χ0n) is 12.2. The van der Waals surface area contributed by atoms with Crippen molar-refractivity contribution in [1.29, 1.82) is 0 Å². The summed E-state index contributed by atoms with van der Waals surface area (Å²) >= 11 is 0. The van der Waals surface area contributed by atoms with Crippen LogP contribution in [0.5, 0.6) is 0 Å². The number of aromatic nitrogens is 2. The van der Waals surface area contributed by atoms with Crippen LogP contribution in [0, 0.1) is 0 Å². The third-order valence-electron chi connectivity index (χ3n) is 2.90. The van der Waals surface area contributed by atoms with Crippen molar-refractivity contribution in [3.8, 4) is 0 Å². The predicted octanol–water partition coefficient (Wildman–Crippen LogP) is 1.41. The summed E-state index contributed by atoms with van der Waals surface area (Å²) in [6.07, 6.45) is 0.552. The second-order valence-corrected chi connectivity index (χ2v) is 6.51. The number of hydrogen-bond acceptors (Lipinski definition) is 6. The zero-order chi connectivity index (χ0) is 16.3. The fourth-order valence-electron chi connectivity index (χ4n) is 1.85. The molecule has 1 heterocycles. The first-order valence-corrected chi connectivity index (χ1v) is 8.07. The Morgan fingerprint density at radius 2 is 1.86 bits per heavy atom. The maximum atomic E-state index is 12.6. The monoisotopic (exact) mass is 320 g/mol. The molecule has 0 aliphatic carbocycles. The predicted molar refractivity (Wildman–Crippen MR) is 82.0 cm³/mol. The van der Waals surface area contributed by atoms with E-state index in [1.807, 2.05) is 6.92 Å². The van der Waals surface area contributed by atoms with Gasteiger partial charge in [-0.25, -0.2) is 18.4 Å². The number of amides is 1. The molecule has 0 spiro atoms. The number of nitrogens with one attached hydrogen (secondary N) is 1. The topological polar surface area (TPSA) is 115 Å². The molecule has 116 valence electrons. The van der Waals surface area contributed by atoms with Crippen molar-refractivity contribution in [2.24, 2.45) is 0 Å². The zero-order valence-corrected chi connectivity index (χ0v) is 13.0. The summed E-state index contributed by atoms with van der Waals surface area (Å²) in [6.45, 7) is 3.22. The smallest absolute Gasteiger partial charge is 0.224 e. The van der Waals surface area contributed by atoms with Crippen molar-refractivity contribution in [3.63, 3.8) is 0 Å². The van der Waals surface area contributed by atoms with E-state index in [4.69, 9.17) is 5.73 Å². The molecule has 0 fully saturated rings. The standard InChI is InChI=1S/C14H16N4O3S/c1-3-10-8-13(18-14(15)17-10)22(20,21)12-6-4-11(5-7-12)16-9(2)19/h4-8H,3H2,1-2H3,(H,16,19)(H2,15,17,18). The van der Waals surface area contributed by atoms with Crippen molar-refractivity contribution in [3.05, 3.63) is 36.0 Å². The molecular weight excluding hydrogens is 304 g/mol. The van der Waals surface area contributed by atoms with E-state index in [0.717, 1.165) is 0 Å². The third kappa shape index (κ3) is 3.40. The van der Waals surface area contributed by atoms with Gasteiger partial charge in [0.2, 0.25) is 21.7 Å². The number of anilines is 2. The molecule has 0 bridgehead atoms. The molecule has 7 nitrogen and oxygen atoms in total. The molecule has 22 heavy (non-hydrogen) atoms. The van der Waals surface area contributed by atoms with E-state index in [2.05, 4.69) is 15.3 Å². The molecule has 1 aromatic carbocycles. The van der Waals surface area contributed by atoms with Crippen LogP contribution in [0.25, 0.3) is 0 Å². The summed E-state index contributed by atoms with van der Waals surface area (Å²) < 4.78 is 25.1. The first-order chi connectivity index (χ1) is 10.3. The Morgan fingerprint density at radius 1 is 1.23 bits per heavy atom. The van der Waals surface area contributed by atoms with E-state index in [1.165, 1.54) is 37.3 Å². The fourth-order valence-corrected chi connectivity index (χ4v) is 3.09. The molecule has 0 radical (unpaired) electrons. The Morgan fingerprint density at radius 3 is 2.41 bits per heavy atom. The Hall–Kier alpha value is -2.48. The van der Waals surface area contributed by atoms with Gasteiger partial charge in [0.1, 0.15) is 0 Å². The van der Waals surface area contributed by atoms with Crippen LogP contribution in [0.3, 0.4) is 0 Å². The van der Waals surface area contributed by atoms with Gasteiger partial charge in [0, 0.05) is 18.3 Å². The number of carbonyl (C=O) groups is 1. The summed E-state index contributed by atoms with van der Waals surface area (Å²) in [4.78, 5) is 18.8. The number of nitrogen functional groups attached to an aromatic ring is 1. The summed E-state index contributed by atoms with van der Waals surface area (Å²) in [6, 6.07) is 7.25. The van der Waals surface area contributed by atoms with E-state index in [0.29, 0.717) is 17.8 Å². The lowest BCUT2D eigenvalue weighted by Gasteiger charge is -2.07. The van der Waals surface area contributed by atoms with Gasteiger partial charge in [-0.2, -0.15) is 0 Å². The van der Waals surface area contributed by atoms with Gasteiger partial charge in [-0.15, -0.1) is 0 Å². The second kappa shape index (κ2) is 6.10. The number of rotatable bonds is 4. The molecule has 0 saturated heterocycles. The van der Waals surface area contributed by atoms with Crippen LogP contribution in [0.1, 0.15) is 19.5 Å². The normalized spacial score (nSPS) is 11.2. The molecule has 1 aromatic heterocycles. The lowest BCUT2D eigenvalue weighted by molar-refractivity contribution is -0.114. The molecule has 3 N–H and O–H groups in total. The summed E-state index contributed by atoms with van der Waals surface area (Å²) in [7, 11) is -3.78. The van der Waals surface area contributed by atoms with Crippen molar-refractivity contribution < 1.29 is 13.2 Å². The maximum absolute atomic E-state index is 12.6.